The van der Waals surface area contributed by atoms with Crippen LogP contribution in [0.3, 0.4) is 0 Å². The molecule has 0 aliphatic carbocycles. The van der Waals surface area contributed by atoms with Crippen molar-refractivity contribution in [1.82, 2.24) is 9.97 Å². The minimum Gasteiger partial charge on any atom is -0.493 e. The normalized spacial score (nSPS) is 10.8. The maximum Gasteiger partial charge on any atom is 0.175 e. The van der Waals surface area contributed by atoms with E-state index in [-0.39, 0.29) is 0 Å². The lowest BCUT2D eigenvalue weighted by molar-refractivity contribution is 0.286. The molecule has 0 aliphatic rings. The predicted octanol–water partition coefficient (Wildman–Crippen LogP) is 4.81. The highest BCUT2D eigenvalue weighted by atomic mass is 79.9. The zero-order chi connectivity index (χ0) is 18.7. The molecule has 7 heteroatoms. The van der Waals surface area contributed by atoms with Gasteiger partial charge in [-0.25, -0.2) is 4.98 Å². The third kappa shape index (κ3) is 3.44. The second kappa shape index (κ2) is 7.86. The summed E-state index contributed by atoms with van der Waals surface area (Å²) in [5.41, 5.74) is 2.54. The average Bonchev–Trinajstić information content (AvgIpc) is 3.06. The Kier molecular flexibility index (Phi) is 5.56. The van der Waals surface area contributed by atoms with Crippen LogP contribution >= 0.6 is 15.9 Å². The highest BCUT2D eigenvalue weighted by Gasteiger charge is 2.16. The number of H-pyrrole nitrogens is 1. The summed E-state index contributed by atoms with van der Waals surface area (Å²) in [6.45, 7) is 4.99. The number of aromatic amines is 1. The van der Waals surface area contributed by atoms with Gasteiger partial charge in [0.1, 0.15) is 5.82 Å². The molecule has 26 heavy (non-hydrogen) atoms. The summed E-state index contributed by atoms with van der Waals surface area (Å²) in [4.78, 5) is 8.00. The molecular formula is C19H21BrN2O4. The monoisotopic (exact) mass is 420 g/mol. The number of rotatable bonds is 7. The van der Waals surface area contributed by atoms with Gasteiger partial charge in [-0.3, -0.25) is 0 Å². The van der Waals surface area contributed by atoms with Gasteiger partial charge in [-0.15, -0.1) is 0 Å². The van der Waals surface area contributed by atoms with Gasteiger partial charge in [0, 0.05) is 17.7 Å². The van der Waals surface area contributed by atoms with Crippen LogP contribution in [0, 0.1) is 0 Å². The van der Waals surface area contributed by atoms with Gasteiger partial charge < -0.3 is 23.9 Å². The Hall–Kier alpha value is -2.41. The first-order chi connectivity index (χ1) is 12.6. The standard InChI is InChI=1S/C19H21BrN2O4/c1-5-25-17-8-11(7-12(20)18(17)26-6-2)19-21-13-9-15(23-3)16(24-4)10-14(13)22-19/h7-10H,5-6H2,1-4H3,(H,21,22). The Bertz CT molecular complexity index is 883. The second-order valence-corrected chi connectivity index (χ2v) is 6.32. The fraction of sp³-hybridized carbons (Fsp3) is 0.316. The summed E-state index contributed by atoms with van der Waals surface area (Å²) in [6, 6.07) is 7.60. The molecule has 0 radical (unpaired) electrons. The van der Waals surface area contributed by atoms with Crippen LogP contribution in [0.2, 0.25) is 0 Å². The van der Waals surface area contributed by atoms with Gasteiger partial charge in [0.25, 0.3) is 0 Å². The molecule has 6 nitrogen and oxygen atoms in total. The van der Waals surface area contributed by atoms with E-state index in [0.717, 1.165) is 26.9 Å². The molecule has 0 aliphatic heterocycles. The molecule has 2 aromatic carbocycles. The number of hydrogen-bond donors (Lipinski definition) is 1. The number of benzene rings is 2. The van der Waals surface area contributed by atoms with Crippen LogP contribution in [0.25, 0.3) is 22.4 Å². The van der Waals surface area contributed by atoms with Crippen molar-refractivity contribution >= 4 is 27.0 Å². The number of nitrogens with one attached hydrogen (secondary N) is 1. The average molecular weight is 421 g/mol. The van der Waals surface area contributed by atoms with E-state index in [1.54, 1.807) is 14.2 Å². The van der Waals surface area contributed by atoms with Crippen LogP contribution in [-0.4, -0.2) is 37.4 Å². The van der Waals surface area contributed by atoms with Crippen LogP contribution in [-0.2, 0) is 0 Å². The Morgan fingerprint density at radius 3 is 2.27 bits per heavy atom. The molecule has 3 rings (SSSR count). The minimum atomic E-state index is 0.546. The fourth-order valence-electron chi connectivity index (χ4n) is 2.73. The van der Waals surface area contributed by atoms with Crippen molar-refractivity contribution < 1.29 is 18.9 Å². The molecule has 1 N–H and O–H groups in total. The van der Waals surface area contributed by atoms with Gasteiger partial charge in [0.2, 0.25) is 0 Å². The summed E-state index contributed by atoms with van der Waals surface area (Å²) in [5.74, 6) is 3.38. The lowest BCUT2D eigenvalue weighted by Gasteiger charge is -2.13. The molecular weight excluding hydrogens is 400 g/mol. The number of fused-ring (bicyclic) bond motifs is 1. The smallest absolute Gasteiger partial charge is 0.175 e. The topological polar surface area (TPSA) is 65.6 Å². The van der Waals surface area contributed by atoms with Crippen molar-refractivity contribution in [1.29, 1.82) is 0 Å². The number of aromatic nitrogens is 2. The fourth-order valence-corrected chi connectivity index (χ4v) is 3.28. The molecule has 0 bridgehead atoms. The van der Waals surface area contributed by atoms with Crippen LogP contribution in [0.4, 0.5) is 0 Å². The molecule has 0 atom stereocenters. The van der Waals surface area contributed by atoms with Crippen molar-refractivity contribution in [3.05, 3.63) is 28.7 Å². The zero-order valence-corrected chi connectivity index (χ0v) is 16.8. The second-order valence-electron chi connectivity index (χ2n) is 5.46. The van der Waals surface area contributed by atoms with Crippen LogP contribution in [0.1, 0.15) is 13.8 Å². The summed E-state index contributed by atoms with van der Waals surface area (Å²) in [7, 11) is 3.22. The van der Waals surface area contributed by atoms with Crippen LogP contribution in [0.5, 0.6) is 23.0 Å². The first-order valence-electron chi connectivity index (χ1n) is 8.32. The Morgan fingerprint density at radius 1 is 0.923 bits per heavy atom. The van der Waals surface area contributed by atoms with E-state index >= 15 is 0 Å². The first-order valence-corrected chi connectivity index (χ1v) is 9.11. The molecule has 0 fully saturated rings. The van der Waals surface area contributed by atoms with Crippen LogP contribution in [0.15, 0.2) is 28.7 Å². The molecule has 138 valence electrons. The molecule has 0 spiro atoms. The van der Waals surface area contributed by atoms with E-state index in [1.165, 1.54) is 0 Å². The number of nitrogens with zero attached hydrogens (tertiary/aromatic N) is 1. The van der Waals surface area contributed by atoms with Gasteiger partial charge >= 0.3 is 0 Å². The molecule has 3 aromatic rings. The van der Waals surface area contributed by atoms with Crippen molar-refractivity contribution in [2.45, 2.75) is 13.8 Å². The number of hydrogen-bond acceptors (Lipinski definition) is 5. The van der Waals surface area contributed by atoms with Crippen molar-refractivity contribution in [3.8, 4) is 34.4 Å². The van der Waals surface area contributed by atoms with Gasteiger partial charge in [-0.2, -0.15) is 0 Å². The van der Waals surface area contributed by atoms with E-state index in [4.69, 9.17) is 18.9 Å². The van der Waals surface area contributed by atoms with E-state index in [1.807, 2.05) is 38.1 Å². The first kappa shape index (κ1) is 18.4. The summed E-state index contributed by atoms with van der Waals surface area (Å²) >= 11 is 3.57. The summed E-state index contributed by atoms with van der Waals surface area (Å²) in [6.07, 6.45) is 0. The summed E-state index contributed by atoms with van der Waals surface area (Å²) < 4.78 is 23.0. The Labute approximate surface area is 160 Å². The van der Waals surface area contributed by atoms with Gasteiger partial charge in [0.15, 0.2) is 23.0 Å². The number of halogens is 1. The van der Waals surface area contributed by atoms with Gasteiger partial charge in [0.05, 0.1) is 42.9 Å². The van der Waals surface area contributed by atoms with Crippen LogP contribution < -0.4 is 18.9 Å². The molecule has 0 amide bonds. The van der Waals surface area contributed by atoms with E-state index < -0.39 is 0 Å². The maximum atomic E-state index is 5.74. The third-order valence-corrected chi connectivity index (χ3v) is 4.45. The van der Waals surface area contributed by atoms with E-state index in [9.17, 15) is 0 Å². The lowest BCUT2D eigenvalue weighted by atomic mass is 10.2. The van der Waals surface area contributed by atoms with Crippen molar-refractivity contribution in [3.63, 3.8) is 0 Å². The Morgan fingerprint density at radius 2 is 1.62 bits per heavy atom. The minimum absolute atomic E-state index is 0.546. The number of imidazole rings is 1. The molecule has 0 saturated heterocycles. The highest BCUT2D eigenvalue weighted by Crippen LogP contribution is 2.40. The quantitative estimate of drug-likeness (QED) is 0.593. The molecule has 0 unspecified atom stereocenters. The lowest BCUT2D eigenvalue weighted by Crippen LogP contribution is -1.99. The van der Waals surface area contributed by atoms with Gasteiger partial charge in [-0.1, -0.05) is 0 Å². The maximum absolute atomic E-state index is 5.74. The van der Waals surface area contributed by atoms with E-state index in [2.05, 4.69) is 25.9 Å². The van der Waals surface area contributed by atoms with Crippen molar-refractivity contribution in [2.75, 3.05) is 27.4 Å². The number of methoxy groups -OCH3 is 2. The third-order valence-electron chi connectivity index (χ3n) is 3.86. The largest absolute Gasteiger partial charge is 0.493 e. The molecule has 0 saturated carbocycles. The SMILES string of the molecule is CCOc1cc(-c2nc3cc(OC)c(OC)cc3[nH]2)cc(Br)c1OCC. The molecule has 1 heterocycles. The zero-order valence-electron chi connectivity index (χ0n) is 15.2. The van der Waals surface area contributed by atoms with E-state index in [0.29, 0.717) is 36.2 Å². The predicted molar refractivity (Wildman–Crippen MR) is 105 cm³/mol. The Balaban J connectivity index is 2.10. The summed E-state index contributed by atoms with van der Waals surface area (Å²) in [5, 5.41) is 0. The molecule has 1 aromatic heterocycles. The van der Waals surface area contributed by atoms with Crippen molar-refractivity contribution in [2.24, 2.45) is 0 Å². The number of ether oxygens (including phenoxy) is 4. The van der Waals surface area contributed by atoms with Gasteiger partial charge in [-0.05, 0) is 41.9 Å². The highest BCUT2D eigenvalue weighted by molar-refractivity contribution is 9.10.